The van der Waals surface area contributed by atoms with Crippen LogP contribution < -0.4 is 9.64 Å². The Kier molecular flexibility index (Phi) is 5.21. The van der Waals surface area contributed by atoms with Gasteiger partial charge in [-0.2, -0.15) is 0 Å². The molecule has 0 fully saturated rings. The van der Waals surface area contributed by atoms with Crippen LogP contribution in [-0.2, 0) is 6.54 Å². The lowest BCUT2D eigenvalue weighted by Gasteiger charge is -2.19. The molecule has 0 unspecified atom stereocenters. The zero-order valence-corrected chi connectivity index (χ0v) is 17.3. The molecular weight excluding hydrogens is 408 g/mol. The molecule has 5 rings (SSSR count). The Morgan fingerprint density at radius 3 is 2.52 bits per heavy atom. The van der Waals surface area contributed by atoms with Crippen molar-refractivity contribution in [2.24, 2.45) is 0 Å². The molecule has 5 nitrogen and oxygen atoms in total. The van der Waals surface area contributed by atoms with E-state index in [9.17, 15) is 4.79 Å². The summed E-state index contributed by atoms with van der Waals surface area (Å²) in [7, 11) is 0. The number of rotatable bonds is 6. The molecule has 5 aromatic rings. The summed E-state index contributed by atoms with van der Waals surface area (Å²) in [6, 6.07) is 28.2. The Bertz CT molecular complexity index is 1280. The second-order valence-corrected chi connectivity index (χ2v) is 7.89. The van der Waals surface area contributed by atoms with Crippen molar-refractivity contribution in [2.75, 3.05) is 4.90 Å². The standard InChI is InChI=1S/C25H18N2O3S/c28-24(18-8-6-11-20(16-18)30-19-9-2-1-3-10-19)27(17-21-12-7-15-29-21)25-26-22-13-4-5-14-23(22)31-25/h1-16H,17H2. The largest absolute Gasteiger partial charge is 0.467 e. The molecule has 6 heteroatoms. The molecule has 0 saturated carbocycles. The highest BCUT2D eigenvalue weighted by Gasteiger charge is 2.23. The van der Waals surface area contributed by atoms with Crippen molar-refractivity contribution in [1.29, 1.82) is 0 Å². The van der Waals surface area contributed by atoms with E-state index in [0.717, 1.165) is 10.2 Å². The first-order valence-corrected chi connectivity index (χ1v) is 10.6. The molecule has 1 amide bonds. The summed E-state index contributed by atoms with van der Waals surface area (Å²) in [4.78, 5) is 19.9. The SMILES string of the molecule is O=C(c1cccc(Oc2ccccc2)c1)N(Cc1ccco1)c1nc2ccccc2s1. The monoisotopic (exact) mass is 426 g/mol. The minimum Gasteiger partial charge on any atom is -0.467 e. The number of carbonyl (C=O) groups excluding carboxylic acids is 1. The number of furan rings is 1. The summed E-state index contributed by atoms with van der Waals surface area (Å²) in [5.41, 5.74) is 1.38. The fourth-order valence-electron chi connectivity index (χ4n) is 3.23. The van der Waals surface area contributed by atoms with Crippen molar-refractivity contribution < 1.29 is 13.9 Å². The molecule has 2 aromatic heterocycles. The lowest BCUT2D eigenvalue weighted by Crippen LogP contribution is -2.30. The zero-order chi connectivity index (χ0) is 21.0. The third-order valence-corrected chi connectivity index (χ3v) is 5.77. The van der Waals surface area contributed by atoms with Crippen molar-refractivity contribution in [3.63, 3.8) is 0 Å². The molecule has 0 aliphatic rings. The predicted octanol–water partition coefficient (Wildman–Crippen LogP) is 6.53. The molecule has 0 saturated heterocycles. The maximum atomic E-state index is 13.5. The lowest BCUT2D eigenvalue weighted by atomic mass is 10.2. The number of thiazole rings is 1. The number of anilines is 1. The highest BCUT2D eigenvalue weighted by Crippen LogP contribution is 2.31. The van der Waals surface area contributed by atoms with Gasteiger partial charge in [-0.1, -0.05) is 47.7 Å². The second kappa shape index (κ2) is 8.45. The number of fused-ring (bicyclic) bond motifs is 1. The first kappa shape index (κ1) is 19.1. The van der Waals surface area contributed by atoms with Crippen LogP contribution >= 0.6 is 11.3 Å². The quantitative estimate of drug-likeness (QED) is 0.310. The van der Waals surface area contributed by atoms with E-state index in [4.69, 9.17) is 9.15 Å². The molecule has 0 N–H and O–H groups in total. The van der Waals surface area contributed by atoms with Crippen molar-refractivity contribution >= 4 is 32.6 Å². The molecule has 0 aliphatic carbocycles. The third kappa shape index (κ3) is 4.20. The van der Waals surface area contributed by atoms with E-state index < -0.39 is 0 Å². The van der Waals surface area contributed by atoms with Crippen molar-refractivity contribution in [2.45, 2.75) is 6.54 Å². The second-order valence-electron chi connectivity index (χ2n) is 6.88. The van der Waals surface area contributed by atoms with Gasteiger partial charge in [0.2, 0.25) is 0 Å². The number of ether oxygens (including phenoxy) is 1. The summed E-state index contributed by atoms with van der Waals surface area (Å²) >= 11 is 1.48. The Morgan fingerprint density at radius 2 is 1.71 bits per heavy atom. The first-order chi connectivity index (χ1) is 15.3. The highest BCUT2D eigenvalue weighted by molar-refractivity contribution is 7.22. The summed E-state index contributed by atoms with van der Waals surface area (Å²) in [5.74, 6) is 1.82. The average molecular weight is 426 g/mol. The van der Waals surface area contributed by atoms with Gasteiger partial charge in [-0.25, -0.2) is 4.98 Å². The minimum atomic E-state index is -0.172. The molecule has 0 atom stereocenters. The van der Waals surface area contributed by atoms with E-state index >= 15 is 0 Å². The van der Waals surface area contributed by atoms with Gasteiger partial charge < -0.3 is 9.15 Å². The normalized spacial score (nSPS) is 10.8. The third-order valence-electron chi connectivity index (χ3n) is 4.71. The van der Waals surface area contributed by atoms with Crippen molar-refractivity contribution in [3.8, 4) is 11.5 Å². The van der Waals surface area contributed by atoms with Crippen LogP contribution in [0.5, 0.6) is 11.5 Å². The number of amides is 1. The van der Waals surface area contributed by atoms with E-state index in [0.29, 0.717) is 28.0 Å². The molecule has 3 aromatic carbocycles. The maximum absolute atomic E-state index is 13.5. The minimum absolute atomic E-state index is 0.172. The van der Waals surface area contributed by atoms with E-state index in [-0.39, 0.29) is 12.5 Å². The summed E-state index contributed by atoms with van der Waals surface area (Å²) < 4.78 is 12.4. The number of hydrogen-bond acceptors (Lipinski definition) is 5. The number of para-hydroxylation sites is 2. The molecule has 31 heavy (non-hydrogen) atoms. The lowest BCUT2D eigenvalue weighted by molar-refractivity contribution is 0.0983. The van der Waals surface area contributed by atoms with Gasteiger partial charge in [0.05, 0.1) is 23.0 Å². The summed E-state index contributed by atoms with van der Waals surface area (Å²) in [6.07, 6.45) is 1.60. The van der Waals surface area contributed by atoms with Gasteiger partial charge in [0, 0.05) is 5.56 Å². The number of hydrogen-bond donors (Lipinski definition) is 0. The Morgan fingerprint density at radius 1 is 0.903 bits per heavy atom. The number of benzene rings is 3. The predicted molar refractivity (Wildman–Crippen MR) is 122 cm³/mol. The van der Waals surface area contributed by atoms with Gasteiger partial charge in [0.25, 0.3) is 5.91 Å². The van der Waals surface area contributed by atoms with Crippen LogP contribution in [0.2, 0.25) is 0 Å². The molecular formula is C25H18N2O3S. The summed E-state index contributed by atoms with van der Waals surface area (Å²) in [5, 5.41) is 0.622. The first-order valence-electron chi connectivity index (χ1n) is 9.79. The summed E-state index contributed by atoms with van der Waals surface area (Å²) in [6.45, 7) is 0.287. The topological polar surface area (TPSA) is 55.6 Å². The van der Waals surface area contributed by atoms with Crippen LogP contribution in [0.4, 0.5) is 5.13 Å². The van der Waals surface area contributed by atoms with Gasteiger partial charge in [0.1, 0.15) is 17.3 Å². The molecule has 2 heterocycles. The van der Waals surface area contributed by atoms with Crippen LogP contribution in [0.25, 0.3) is 10.2 Å². The van der Waals surface area contributed by atoms with E-state index in [1.54, 1.807) is 23.3 Å². The Balaban J connectivity index is 1.48. The van der Waals surface area contributed by atoms with E-state index in [1.807, 2.05) is 78.9 Å². The van der Waals surface area contributed by atoms with Crippen molar-refractivity contribution in [1.82, 2.24) is 4.98 Å². The highest BCUT2D eigenvalue weighted by atomic mass is 32.1. The van der Waals surface area contributed by atoms with E-state index in [1.165, 1.54) is 11.3 Å². The van der Waals surface area contributed by atoms with Crippen LogP contribution in [0.1, 0.15) is 16.1 Å². The van der Waals surface area contributed by atoms with E-state index in [2.05, 4.69) is 4.98 Å². The molecule has 152 valence electrons. The van der Waals surface area contributed by atoms with Gasteiger partial charge in [-0.15, -0.1) is 0 Å². The van der Waals surface area contributed by atoms with Crippen LogP contribution in [0.15, 0.2) is 102 Å². The van der Waals surface area contributed by atoms with Gasteiger partial charge in [0.15, 0.2) is 5.13 Å². The van der Waals surface area contributed by atoms with Crippen LogP contribution in [-0.4, -0.2) is 10.9 Å². The van der Waals surface area contributed by atoms with Gasteiger partial charge in [-0.05, 0) is 54.6 Å². The number of nitrogens with zero attached hydrogens (tertiary/aromatic N) is 2. The number of carbonyl (C=O) groups is 1. The average Bonchev–Trinajstić information content (AvgIpc) is 3.47. The van der Waals surface area contributed by atoms with Gasteiger partial charge in [-0.3, -0.25) is 9.69 Å². The molecule has 0 spiro atoms. The maximum Gasteiger partial charge on any atom is 0.260 e. The molecule has 0 aliphatic heterocycles. The smallest absolute Gasteiger partial charge is 0.260 e. The fourth-order valence-corrected chi connectivity index (χ4v) is 4.20. The van der Waals surface area contributed by atoms with Crippen LogP contribution in [0.3, 0.4) is 0 Å². The van der Waals surface area contributed by atoms with Gasteiger partial charge >= 0.3 is 0 Å². The fraction of sp³-hybridized carbons (Fsp3) is 0.0400. The Labute approximate surface area is 183 Å². The van der Waals surface area contributed by atoms with Crippen molar-refractivity contribution in [3.05, 3.63) is 109 Å². The molecule has 0 bridgehead atoms. The van der Waals surface area contributed by atoms with Crippen LogP contribution in [0, 0.1) is 0 Å². The number of aromatic nitrogens is 1. The zero-order valence-electron chi connectivity index (χ0n) is 16.5. The molecule has 0 radical (unpaired) electrons. The Hall–Kier alpha value is -3.90.